The number of pyridine rings is 1. The maximum absolute atomic E-state index is 12.3. The third-order valence-corrected chi connectivity index (χ3v) is 5.90. The summed E-state index contributed by atoms with van der Waals surface area (Å²) in [5.74, 6) is -0.977. The van der Waals surface area contributed by atoms with Crippen molar-refractivity contribution in [2.75, 3.05) is 5.88 Å². The summed E-state index contributed by atoms with van der Waals surface area (Å²) >= 11 is 1.31. The van der Waals surface area contributed by atoms with Crippen LogP contribution in [0.15, 0.2) is 29.4 Å². The number of rotatable bonds is 3. The third-order valence-electron chi connectivity index (χ3n) is 2.71. The average Bonchev–Trinajstić information content (AvgIpc) is 2.73. The van der Waals surface area contributed by atoms with Gasteiger partial charge in [0, 0.05) is 17.6 Å². The second kappa shape index (κ2) is 4.87. The zero-order valence-corrected chi connectivity index (χ0v) is 11.2. The molecule has 0 saturated carbocycles. The fourth-order valence-electron chi connectivity index (χ4n) is 1.77. The molecule has 0 spiro atoms. The van der Waals surface area contributed by atoms with Gasteiger partial charge >= 0.3 is 5.97 Å². The molecule has 1 aromatic heterocycles. The van der Waals surface area contributed by atoms with Crippen LogP contribution in [0, 0.1) is 0 Å². The molecule has 6 nitrogen and oxygen atoms in total. The standard InChI is InChI=1S/C10H12N2O4S2/c1-7-9(10(13)14)12(6-17-7)18(15,16)8-3-2-4-11-5-8/h2-5,7,9H,6H2,1H3,(H,13,14)/t7-,9+/m1/s1. The molecule has 1 fully saturated rings. The van der Waals surface area contributed by atoms with E-state index in [4.69, 9.17) is 5.11 Å². The first-order valence-electron chi connectivity index (χ1n) is 5.21. The van der Waals surface area contributed by atoms with Gasteiger partial charge in [-0.2, -0.15) is 4.31 Å². The van der Waals surface area contributed by atoms with Gasteiger partial charge in [0.1, 0.15) is 10.9 Å². The van der Waals surface area contributed by atoms with Crippen molar-refractivity contribution in [1.29, 1.82) is 0 Å². The lowest BCUT2D eigenvalue weighted by molar-refractivity contribution is -0.140. The molecule has 8 heteroatoms. The summed E-state index contributed by atoms with van der Waals surface area (Å²) in [6.45, 7) is 1.71. The second-order valence-corrected chi connectivity index (χ2v) is 7.09. The Hall–Kier alpha value is -1.12. The van der Waals surface area contributed by atoms with Crippen LogP contribution in [0.25, 0.3) is 0 Å². The number of aliphatic carboxylic acids is 1. The molecular weight excluding hydrogens is 276 g/mol. The predicted octanol–water partition coefficient (Wildman–Crippen LogP) is 0.618. The highest BCUT2D eigenvalue weighted by Crippen LogP contribution is 2.33. The quantitative estimate of drug-likeness (QED) is 0.877. The molecule has 18 heavy (non-hydrogen) atoms. The fraction of sp³-hybridized carbons (Fsp3) is 0.400. The van der Waals surface area contributed by atoms with Gasteiger partial charge in [0.2, 0.25) is 10.0 Å². The van der Waals surface area contributed by atoms with Crippen molar-refractivity contribution in [2.45, 2.75) is 23.1 Å². The van der Waals surface area contributed by atoms with Crippen LogP contribution in [-0.2, 0) is 14.8 Å². The summed E-state index contributed by atoms with van der Waals surface area (Å²) in [5.41, 5.74) is 0. The first kappa shape index (κ1) is 13.3. The summed E-state index contributed by atoms with van der Waals surface area (Å²) in [6.07, 6.45) is 2.69. The van der Waals surface area contributed by atoms with E-state index in [0.717, 1.165) is 4.31 Å². The number of carboxylic acid groups (broad SMARTS) is 1. The largest absolute Gasteiger partial charge is 0.480 e. The van der Waals surface area contributed by atoms with Gasteiger partial charge in [-0.15, -0.1) is 11.8 Å². The Bertz CT molecular complexity index is 546. The highest BCUT2D eigenvalue weighted by Gasteiger charge is 2.44. The number of thioether (sulfide) groups is 1. The van der Waals surface area contributed by atoms with Crippen LogP contribution in [0.5, 0.6) is 0 Å². The molecule has 0 aromatic carbocycles. The molecule has 1 saturated heterocycles. The number of hydrogen-bond donors (Lipinski definition) is 1. The second-order valence-electron chi connectivity index (χ2n) is 3.86. The van der Waals surface area contributed by atoms with E-state index < -0.39 is 22.0 Å². The monoisotopic (exact) mass is 288 g/mol. The highest BCUT2D eigenvalue weighted by molar-refractivity contribution is 8.01. The van der Waals surface area contributed by atoms with Crippen molar-refractivity contribution >= 4 is 27.8 Å². The van der Waals surface area contributed by atoms with Gasteiger partial charge < -0.3 is 5.11 Å². The van der Waals surface area contributed by atoms with Gasteiger partial charge in [0.25, 0.3) is 0 Å². The molecule has 1 N–H and O–H groups in total. The molecule has 1 aliphatic rings. The lowest BCUT2D eigenvalue weighted by Gasteiger charge is -2.21. The Morgan fingerprint density at radius 2 is 2.33 bits per heavy atom. The number of carboxylic acids is 1. The van der Waals surface area contributed by atoms with E-state index >= 15 is 0 Å². The predicted molar refractivity (Wildman–Crippen MR) is 66.6 cm³/mol. The van der Waals surface area contributed by atoms with Crippen molar-refractivity contribution in [1.82, 2.24) is 9.29 Å². The molecular formula is C10H12N2O4S2. The highest BCUT2D eigenvalue weighted by atomic mass is 32.2. The van der Waals surface area contributed by atoms with Crippen LogP contribution >= 0.6 is 11.8 Å². The van der Waals surface area contributed by atoms with Gasteiger partial charge in [-0.1, -0.05) is 6.92 Å². The third kappa shape index (κ3) is 2.23. The minimum absolute atomic E-state index is 0.0194. The van der Waals surface area contributed by atoms with Crippen molar-refractivity contribution in [2.24, 2.45) is 0 Å². The van der Waals surface area contributed by atoms with E-state index in [1.54, 1.807) is 6.92 Å². The van der Waals surface area contributed by atoms with E-state index in [1.165, 1.54) is 36.3 Å². The molecule has 1 aromatic rings. The van der Waals surface area contributed by atoms with E-state index in [-0.39, 0.29) is 16.0 Å². The topological polar surface area (TPSA) is 87.6 Å². The molecule has 2 rings (SSSR count). The molecule has 0 amide bonds. The van der Waals surface area contributed by atoms with Gasteiger partial charge in [0.05, 0.1) is 5.88 Å². The zero-order valence-electron chi connectivity index (χ0n) is 9.55. The summed E-state index contributed by atoms with van der Waals surface area (Å²) < 4.78 is 25.6. The Labute approximate surface area is 109 Å². The van der Waals surface area contributed by atoms with Gasteiger partial charge in [-0.05, 0) is 12.1 Å². The van der Waals surface area contributed by atoms with Crippen LogP contribution in [-0.4, -0.2) is 46.0 Å². The van der Waals surface area contributed by atoms with E-state index in [9.17, 15) is 13.2 Å². The Kier molecular flexibility index (Phi) is 3.60. The number of sulfonamides is 1. The first-order valence-corrected chi connectivity index (χ1v) is 7.70. The molecule has 1 aliphatic heterocycles. The molecule has 0 unspecified atom stereocenters. The van der Waals surface area contributed by atoms with Crippen LogP contribution in [0.4, 0.5) is 0 Å². The molecule has 0 radical (unpaired) electrons. The Morgan fingerprint density at radius 3 is 2.89 bits per heavy atom. The summed E-state index contributed by atoms with van der Waals surface area (Å²) in [7, 11) is -3.80. The first-order chi connectivity index (χ1) is 8.44. The summed E-state index contributed by atoms with van der Waals surface area (Å²) in [4.78, 5) is 14.9. The number of carbonyl (C=O) groups is 1. The minimum Gasteiger partial charge on any atom is -0.480 e. The normalized spacial score (nSPS) is 25.2. The van der Waals surface area contributed by atoms with Crippen LogP contribution in [0.1, 0.15) is 6.92 Å². The molecule has 0 aliphatic carbocycles. The average molecular weight is 288 g/mol. The SMILES string of the molecule is C[C@H]1SCN(S(=O)(=O)c2cccnc2)[C@@H]1C(=O)O. The number of nitrogens with zero attached hydrogens (tertiary/aromatic N) is 2. The lowest BCUT2D eigenvalue weighted by atomic mass is 10.2. The lowest BCUT2D eigenvalue weighted by Crippen LogP contribution is -2.44. The van der Waals surface area contributed by atoms with Crippen LogP contribution in [0.3, 0.4) is 0 Å². The molecule has 98 valence electrons. The Morgan fingerprint density at radius 1 is 1.61 bits per heavy atom. The van der Waals surface area contributed by atoms with Crippen molar-refractivity contribution in [3.05, 3.63) is 24.5 Å². The number of hydrogen-bond acceptors (Lipinski definition) is 5. The van der Waals surface area contributed by atoms with Crippen LogP contribution in [0.2, 0.25) is 0 Å². The van der Waals surface area contributed by atoms with Crippen molar-refractivity contribution in [3.63, 3.8) is 0 Å². The Balaban J connectivity index is 2.40. The maximum atomic E-state index is 12.3. The van der Waals surface area contributed by atoms with E-state index in [2.05, 4.69) is 4.98 Å². The molecule has 2 atom stereocenters. The van der Waals surface area contributed by atoms with Gasteiger partial charge in [0.15, 0.2) is 0 Å². The zero-order chi connectivity index (χ0) is 13.3. The van der Waals surface area contributed by atoms with Crippen LogP contribution < -0.4 is 0 Å². The van der Waals surface area contributed by atoms with Gasteiger partial charge in [-0.3, -0.25) is 9.78 Å². The molecule has 2 heterocycles. The number of aromatic nitrogens is 1. The van der Waals surface area contributed by atoms with Crippen molar-refractivity contribution < 1.29 is 18.3 Å². The fourth-order valence-corrected chi connectivity index (χ4v) is 4.86. The summed E-state index contributed by atoms with van der Waals surface area (Å²) in [6, 6.07) is 1.89. The minimum atomic E-state index is -3.80. The smallest absolute Gasteiger partial charge is 0.323 e. The van der Waals surface area contributed by atoms with Crippen molar-refractivity contribution in [3.8, 4) is 0 Å². The van der Waals surface area contributed by atoms with E-state index in [0.29, 0.717) is 0 Å². The van der Waals surface area contributed by atoms with Gasteiger partial charge in [-0.25, -0.2) is 8.42 Å². The van der Waals surface area contributed by atoms with E-state index in [1.807, 2.05) is 0 Å². The summed E-state index contributed by atoms with van der Waals surface area (Å²) in [5, 5.41) is 8.86. The molecule has 0 bridgehead atoms. The maximum Gasteiger partial charge on any atom is 0.323 e.